The van der Waals surface area contributed by atoms with Crippen LogP contribution in [0.3, 0.4) is 0 Å². The van der Waals surface area contributed by atoms with Crippen LogP contribution in [0.2, 0.25) is 0 Å². The van der Waals surface area contributed by atoms with E-state index in [9.17, 15) is 0 Å². The lowest BCUT2D eigenvalue weighted by Gasteiger charge is -2.21. The van der Waals surface area contributed by atoms with Crippen LogP contribution in [-0.2, 0) is 5.41 Å². The topological polar surface area (TPSA) is 66.6 Å². The second kappa shape index (κ2) is 17.9. The summed E-state index contributed by atoms with van der Waals surface area (Å²) in [6, 6.07) is 96.2. The molecule has 7 heteroatoms. The number of nitrogens with zero attached hydrogens (tertiary/aromatic N) is 6. The Morgan fingerprint density at radius 3 is 1.29 bits per heavy atom. The van der Waals surface area contributed by atoms with E-state index in [2.05, 4.69) is 258 Å². The SMILES string of the molecule is CC1(C)c2ccccc2-c2cc3c(cc21)c1cc(-c2ccc4oc5ccc(-c6ccc7c(c6)c6cc8c(cc6n7-c6nc(-c7ccccc7)nc(-c7ccccc7)n6)c6ccccc6n8-c6ccccc6)cc5c4c2)ccc1n3-c1ccccc1. The van der Waals surface area contributed by atoms with Crippen LogP contribution in [-0.4, -0.2) is 28.7 Å². The Labute approximate surface area is 488 Å². The summed E-state index contributed by atoms with van der Waals surface area (Å²) >= 11 is 0. The van der Waals surface area contributed by atoms with Gasteiger partial charge >= 0.3 is 0 Å². The Balaban J connectivity index is 0.816. The van der Waals surface area contributed by atoms with Gasteiger partial charge in [-0.1, -0.05) is 178 Å². The monoisotopic (exact) mass is 1090 g/mol. The molecule has 0 spiro atoms. The van der Waals surface area contributed by atoms with Crippen molar-refractivity contribution in [1.29, 1.82) is 0 Å². The van der Waals surface area contributed by atoms with Gasteiger partial charge in [0.05, 0.1) is 33.1 Å². The summed E-state index contributed by atoms with van der Waals surface area (Å²) in [5, 5.41) is 9.12. The van der Waals surface area contributed by atoms with Gasteiger partial charge in [-0.25, -0.2) is 4.98 Å². The number of furan rings is 1. The standard InChI is InChI=1S/C78H50N6O/c1-78(2)65-29-17-15-27-55(65)57-44-70-60(43-66(57)78)58-39-49(31-35-68(58)83(70)54-25-13-6-14-26-54)51-33-37-73-63(41-51)64-42-52(34-38-74(64)85-73)50-32-36-69-59(40-50)62-46-71-61(56-28-16-18-30-67(56)82(71)53-23-11-5-12-24-53)45-72(62)84(69)77-80-75(47-19-7-3-8-20-47)79-76(81-77)48-21-9-4-10-22-48/h3-46H,1-2H3. The van der Waals surface area contributed by atoms with Crippen molar-refractivity contribution in [1.82, 2.24) is 28.7 Å². The van der Waals surface area contributed by atoms with Crippen molar-refractivity contribution in [3.8, 4) is 73.5 Å². The zero-order valence-electron chi connectivity index (χ0n) is 46.5. The normalized spacial score (nSPS) is 12.9. The first kappa shape index (κ1) is 47.5. The molecule has 17 aromatic rings. The average molecular weight is 1090 g/mol. The number of aromatic nitrogens is 6. The number of hydrogen-bond acceptors (Lipinski definition) is 4. The van der Waals surface area contributed by atoms with Crippen LogP contribution in [0.1, 0.15) is 25.0 Å². The van der Waals surface area contributed by atoms with Gasteiger partial charge in [-0.05, 0) is 148 Å². The Morgan fingerprint density at radius 2 is 0.706 bits per heavy atom. The molecule has 0 unspecified atom stereocenters. The van der Waals surface area contributed by atoms with Gasteiger partial charge in [-0.3, -0.25) is 4.57 Å². The predicted molar refractivity (Wildman–Crippen MR) is 349 cm³/mol. The second-order valence-electron chi connectivity index (χ2n) is 23.2. The summed E-state index contributed by atoms with van der Waals surface area (Å²) in [7, 11) is 0. The van der Waals surface area contributed by atoms with Gasteiger partial charge in [0.1, 0.15) is 11.2 Å². The summed E-state index contributed by atoms with van der Waals surface area (Å²) in [6.07, 6.45) is 0. The molecule has 12 aromatic carbocycles. The summed E-state index contributed by atoms with van der Waals surface area (Å²) < 4.78 is 13.7. The van der Waals surface area contributed by atoms with Gasteiger partial charge < -0.3 is 13.6 Å². The zero-order chi connectivity index (χ0) is 56.1. The Bertz CT molecular complexity index is 5560. The lowest BCUT2D eigenvalue weighted by atomic mass is 9.82. The van der Waals surface area contributed by atoms with E-state index in [4.69, 9.17) is 19.4 Å². The van der Waals surface area contributed by atoms with Crippen LogP contribution >= 0.6 is 0 Å². The first-order chi connectivity index (χ1) is 41.9. The third-order valence-corrected chi connectivity index (χ3v) is 18.1. The molecule has 0 saturated carbocycles. The van der Waals surface area contributed by atoms with E-state index < -0.39 is 0 Å². The number of benzene rings is 12. The fourth-order valence-electron chi connectivity index (χ4n) is 14.0. The van der Waals surface area contributed by atoms with Gasteiger partial charge in [-0.2, -0.15) is 9.97 Å². The molecular weight excluding hydrogens is 1040 g/mol. The Kier molecular flexibility index (Phi) is 10.0. The first-order valence-corrected chi connectivity index (χ1v) is 29.1. The summed E-state index contributed by atoms with van der Waals surface area (Å²) in [5.74, 6) is 1.76. The van der Waals surface area contributed by atoms with Crippen LogP contribution in [0.5, 0.6) is 0 Å². The molecule has 398 valence electrons. The lowest BCUT2D eigenvalue weighted by molar-refractivity contribution is 0.661. The molecule has 0 saturated heterocycles. The minimum Gasteiger partial charge on any atom is -0.456 e. The van der Waals surface area contributed by atoms with E-state index >= 15 is 0 Å². The van der Waals surface area contributed by atoms with Crippen LogP contribution in [0.15, 0.2) is 271 Å². The van der Waals surface area contributed by atoms with E-state index in [1.807, 2.05) is 36.4 Å². The molecule has 7 nitrogen and oxygen atoms in total. The van der Waals surface area contributed by atoms with Crippen molar-refractivity contribution in [2.45, 2.75) is 19.3 Å². The number of para-hydroxylation sites is 3. The summed E-state index contributed by atoms with van der Waals surface area (Å²) in [6.45, 7) is 4.73. The maximum absolute atomic E-state index is 6.65. The molecule has 0 bridgehead atoms. The molecule has 85 heavy (non-hydrogen) atoms. The summed E-state index contributed by atoms with van der Waals surface area (Å²) in [5.41, 5.74) is 22.2. The predicted octanol–water partition coefficient (Wildman–Crippen LogP) is 20.0. The fourth-order valence-corrected chi connectivity index (χ4v) is 14.0. The van der Waals surface area contributed by atoms with Crippen LogP contribution < -0.4 is 0 Å². The Morgan fingerprint density at radius 1 is 0.282 bits per heavy atom. The van der Waals surface area contributed by atoms with Gasteiger partial charge in [0.15, 0.2) is 11.6 Å². The first-order valence-electron chi connectivity index (χ1n) is 29.1. The molecule has 1 aliphatic rings. The Hall–Kier alpha value is -11.2. The van der Waals surface area contributed by atoms with Crippen molar-refractivity contribution in [3.05, 3.63) is 278 Å². The van der Waals surface area contributed by atoms with E-state index in [1.165, 1.54) is 49.4 Å². The molecule has 0 N–H and O–H groups in total. The van der Waals surface area contributed by atoms with Gasteiger partial charge in [0.25, 0.3) is 0 Å². The average Bonchev–Trinajstić information content (AvgIpc) is 2.48. The van der Waals surface area contributed by atoms with Crippen LogP contribution in [0.25, 0.3) is 161 Å². The van der Waals surface area contributed by atoms with Crippen molar-refractivity contribution < 1.29 is 4.42 Å². The number of hydrogen-bond donors (Lipinski definition) is 0. The van der Waals surface area contributed by atoms with Gasteiger partial charge in [-0.15, -0.1) is 0 Å². The second-order valence-corrected chi connectivity index (χ2v) is 23.2. The highest BCUT2D eigenvalue weighted by Crippen LogP contribution is 2.52. The molecular formula is C78H50N6O. The highest BCUT2D eigenvalue weighted by atomic mass is 16.3. The van der Waals surface area contributed by atoms with Crippen LogP contribution in [0.4, 0.5) is 0 Å². The zero-order valence-corrected chi connectivity index (χ0v) is 46.5. The van der Waals surface area contributed by atoms with Crippen molar-refractivity contribution >= 4 is 87.4 Å². The van der Waals surface area contributed by atoms with E-state index in [1.54, 1.807) is 0 Å². The smallest absolute Gasteiger partial charge is 0.238 e. The van der Waals surface area contributed by atoms with E-state index in [0.717, 1.165) is 105 Å². The van der Waals surface area contributed by atoms with E-state index in [0.29, 0.717) is 17.6 Å². The number of fused-ring (bicyclic) bond motifs is 15. The van der Waals surface area contributed by atoms with Crippen LogP contribution in [0, 0.1) is 0 Å². The fraction of sp³-hybridized carbons (Fsp3) is 0.0385. The van der Waals surface area contributed by atoms with E-state index in [-0.39, 0.29) is 5.41 Å². The molecule has 5 aromatic heterocycles. The highest BCUT2D eigenvalue weighted by molar-refractivity contribution is 6.20. The summed E-state index contributed by atoms with van der Waals surface area (Å²) in [4.78, 5) is 15.7. The van der Waals surface area contributed by atoms with Crippen molar-refractivity contribution in [2.24, 2.45) is 0 Å². The third-order valence-electron chi connectivity index (χ3n) is 18.1. The molecule has 0 aliphatic heterocycles. The minimum atomic E-state index is -0.122. The number of rotatable bonds is 7. The largest absolute Gasteiger partial charge is 0.456 e. The maximum Gasteiger partial charge on any atom is 0.238 e. The van der Waals surface area contributed by atoms with Crippen molar-refractivity contribution in [3.63, 3.8) is 0 Å². The van der Waals surface area contributed by atoms with Crippen molar-refractivity contribution in [2.75, 3.05) is 0 Å². The quantitative estimate of drug-likeness (QED) is 0.159. The highest BCUT2D eigenvalue weighted by Gasteiger charge is 2.36. The minimum absolute atomic E-state index is 0.122. The molecule has 0 fully saturated rings. The molecule has 18 rings (SSSR count). The lowest BCUT2D eigenvalue weighted by Crippen LogP contribution is -2.14. The molecule has 1 aliphatic carbocycles. The van der Waals surface area contributed by atoms with Gasteiger partial charge in [0.2, 0.25) is 5.95 Å². The molecule has 0 atom stereocenters. The molecule has 5 heterocycles. The molecule has 0 amide bonds. The third kappa shape index (κ3) is 7.11. The van der Waals surface area contributed by atoms with Gasteiger partial charge in [0, 0.05) is 71.0 Å². The maximum atomic E-state index is 6.65. The molecule has 0 radical (unpaired) electrons.